The number of halogens is 1. The Kier molecular flexibility index (Phi) is 4.05. The highest BCUT2D eigenvalue weighted by Gasteiger charge is 2.10. The Labute approximate surface area is 121 Å². The lowest BCUT2D eigenvalue weighted by atomic mass is 10.2. The summed E-state index contributed by atoms with van der Waals surface area (Å²) in [5, 5.41) is 4.44. The van der Waals surface area contributed by atoms with Crippen molar-refractivity contribution < 1.29 is 4.79 Å². The number of nitrogens with zero attached hydrogens (tertiary/aromatic N) is 1. The molecule has 0 saturated heterocycles. The van der Waals surface area contributed by atoms with E-state index in [4.69, 9.17) is 18.0 Å². The molecule has 2 aromatic rings. The van der Waals surface area contributed by atoms with Gasteiger partial charge in [0.1, 0.15) is 10.7 Å². The number of benzene rings is 1. The summed E-state index contributed by atoms with van der Waals surface area (Å²) in [5.41, 5.74) is 8.92. The molecule has 0 atom stereocenters. The fourth-order valence-electron chi connectivity index (χ4n) is 1.28. The first kappa shape index (κ1) is 13.1. The van der Waals surface area contributed by atoms with Gasteiger partial charge in [0.2, 0.25) is 0 Å². The standard InChI is InChI=1S/C11H8BrN3OS2/c12-7-3-6(10(13)17)1-2-8(7)15-11(16)9-4-18-5-14-9/h1-5H,(H2,13,17)(H,15,16). The molecule has 0 saturated carbocycles. The third-order valence-electron chi connectivity index (χ3n) is 2.17. The maximum atomic E-state index is 11.8. The van der Waals surface area contributed by atoms with E-state index in [0.29, 0.717) is 16.4 Å². The van der Waals surface area contributed by atoms with Crippen LogP contribution in [0.25, 0.3) is 0 Å². The number of rotatable bonds is 3. The number of hydrogen-bond donors (Lipinski definition) is 2. The fraction of sp³-hybridized carbons (Fsp3) is 0. The molecular weight excluding hydrogens is 334 g/mol. The van der Waals surface area contributed by atoms with Gasteiger partial charge in [-0.05, 0) is 34.1 Å². The minimum absolute atomic E-state index is 0.250. The summed E-state index contributed by atoms with van der Waals surface area (Å²) in [6.07, 6.45) is 0. The number of anilines is 1. The van der Waals surface area contributed by atoms with Gasteiger partial charge in [0.15, 0.2) is 0 Å². The molecule has 0 spiro atoms. The average molecular weight is 342 g/mol. The minimum Gasteiger partial charge on any atom is -0.389 e. The minimum atomic E-state index is -0.250. The predicted octanol–water partition coefficient (Wildman–Crippen LogP) is 2.79. The van der Waals surface area contributed by atoms with Crippen molar-refractivity contribution in [1.82, 2.24) is 4.98 Å². The zero-order valence-corrected chi connectivity index (χ0v) is 12.2. The lowest BCUT2D eigenvalue weighted by molar-refractivity contribution is 0.102. The van der Waals surface area contributed by atoms with E-state index < -0.39 is 0 Å². The quantitative estimate of drug-likeness (QED) is 0.842. The summed E-state index contributed by atoms with van der Waals surface area (Å²) in [5.74, 6) is -0.250. The summed E-state index contributed by atoms with van der Waals surface area (Å²) in [6, 6.07) is 5.26. The Hall–Kier alpha value is -1.31. The zero-order chi connectivity index (χ0) is 13.1. The van der Waals surface area contributed by atoms with Crippen molar-refractivity contribution in [3.63, 3.8) is 0 Å². The molecule has 1 aromatic carbocycles. The van der Waals surface area contributed by atoms with E-state index in [1.165, 1.54) is 11.3 Å². The van der Waals surface area contributed by atoms with Gasteiger partial charge in [-0.25, -0.2) is 4.98 Å². The molecule has 1 amide bonds. The van der Waals surface area contributed by atoms with Crippen LogP contribution in [0.2, 0.25) is 0 Å². The number of carbonyl (C=O) groups excluding carboxylic acids is 1. The van der Waals surface area contributed by atoms with Gasteiger partial charge in [0, 0.05) is 15.4 Å². The first-order valence-corrected chi connectivity index (χ1v) is 7.01. The number of thiocarbonyl (C=S) groups is 1. The molecule has 0 aliphatic rings. The molecule has 18 heavy (non-hydrogen) atoms. The molecule has 0 radical (unpaired) electrons. The van der Waals surface area contributed by atoms with E-state index in [9.17, 15) is 4.79 Å². The molecule has 3 N–H and O–H groups in total. The van der Waals surface area contributed by atoms with Gasteiger partial charge >= 0.3 is 0 Å². The van der Waals surface area contributed by atoms with Gasteiger partial charge < -0.3 is 11.1 Å². The smallest absolute Gasteiger partial charge is 0.275 e. The van der Waals surface area contributed by atoms with Crippen molar-refractivity contribution in [2.75, 3.05) is 5.32 Å². The van der Waals surface area contributed by atoms with Crippen LogP contribution in [0.1, 0.15) is 16.1 Å². The Balaban J connectivity index is 2.20. The van der Waals surface area contributed by atoms with Crippen molar-refractivity contribution in [3.05, 3.63) is 44.8 Å². The molecule has 0 fully saturated rings. The van der Waals surface area contributed by atoms with Crippen LogP contribution in [0.3, 0.4) is 0 Å². The Morgan fingerprint density at radius 1 is 1.50 bits per heavy atom. The molecule has 0 aliphatic heterocycles. The second-order valence-corrected chi connectivity index (χ2v) is 5.40. The highest BCUT2D eigenvalue weighted by atomic mass is 79.9. The Morgan fingerprint density at radius 2 is 2.28 bits per heavy atom. The second kappa shape index (κ2) is 5.55. The van der Waals surface area contributed by atoms with Crippen LogP contribution in [0, 0.1) is 0 Å². The van der Waals surface area contributed by atoms with E-state index in [-0.39, 0.29) is 5.91 Å². The summed E-state index contributed by atoms with van der Waals surface area (Å²) < 4.78 is 0.719. The average Bonchev–Trinajstić information content (AvgIpc) is 2.85. The number of thiazole rings is 1. The normalized spacial score (nSPS) is 10.1. The Morgan fingerprint density at radius 3 is 2.83 bits per heavy atom. The number of amides is 1. The summed E-state index contributed by atoms with van der Waals surface area (Å²) >= 11 is 9.61. The Bertz CT molecular complexity index is 598. The first-order valence-electron chi connectivity index (χ1n) is 4.87. The highest BCUT2D eigenvalue weighted by molar-refractivity contribution is 9.10. The fourth-order valence-corrected chi connectivity index (χ4v) is 2.42. The topological polar surface area (TPSA) is 68.0 Å². The third-order valence-corrected chi connectivity index (χ3v) is 3.65. The van der Waals surface area contributed by atoms with Gasteiger partial charge in [0.25, 0.3) is 5.91 Å². The van der Waals surface area contributed by atoms with Crippen molar-refractivity contribution in [2.45, 2.75) is 0 Å². The molecule has 4 nitrogen and oxygen atoms in total. The predicted molar refractivity (Wildman–Crippen MR) is 80.1 cm³/mol. The number of aromatic nitrogens is 1. The molecule has 0 aliphatic carbocycles. The van der Waals surface area contributed by atoms with Crippen LogP contribution >= 0.6 is 39.5 Å². The summed E-state index contributed by atoms with van der Waals surface area (Å²) in [4.78, 5) is 16.1. The number of nitrogens with two attached hydrogens (primary N) is 1. The van der Waals surface area contributed by atoms with Crippen LogP contribution in [0.5, 0.6) is 0 Å². The van der Waals surface area contributed by atoms with E-state index in [1.54, 1.807) is 29.1 Å². The number of carbonyl (C=O) groups is 1. The van der Waals surface area contributed by atoms with Crippen molar-refractivity contribution in [3.8, 4) is 0 Å². The van der Waals surface area contributed by atoms with E-state index in [1.807, 2.05) is 0 Å². The van der Waals surface area contributed by atoms with E-state index >= 15 is 0 Å². The lowest BCUT2D eigenvalue weighted by Crippen LogP contribution is -2.13. The van der Waals surface area contributed by atoms with Crippen molar-refractivity contribution in [2.24, 2.45) is 5.73 Å². The molecule has 0 bridgehead atoms. The van der Waals surface area contributed by atoms with Crippen LogP contribution in [-0.4, -0.2) is 15.9 Å². The summed E-state index contributed by atoms with van der Waals surface area (Å²) in [6.45, 7) is 0. The highest BCUT2D eigenvalue weighted by Crippen LogP contribution is 2.24. The van der Waals surface area contributed by atoms with Crippen LogP contribution in [-0.2, 0) is 0 Å². The maximum Gasteiger partial charge on any atom is 0.275 e. The maximum absolute atomic E-state index is 11.8. The van der Waals surface area contributed by atoms with Crippen LogP contribution in [0.15, 0.2) is 33.6 Å². The molecule has 92 valence electrons. The lowest BCUT2D eigenvalue weighted by Gasteiger charge is -2.07. The van der Waals surface area contributed by atoms with Crippen LogP contribution in [0.4, 0.5) is 5.69 Å². The number of hydrogen-bond acceptors (Lipinski definition) is 4. The van der Waals surface area contributed by atoms with Crippen molar-refractivity contribution in [1.29, 1.82) is 0 Å². The van der Waals surface area contributed by atoms with Gasteiger partial charge in [-0.15, -0.1) is 11.3 Å². The van der Waals surface area contributed by atoms with Gasteiger partial charge in [0.05, 0.1) is 11.2 Å². The van der Waals surface area contributed by atoms with Gasteiger partial charge in [-0.1, -0.05) is 12.2 Å². The van der Waals surface area contributed by atoms with Crippen molar-refractivity contribution >= 4 is 56.1 Å². The largest absolute Gasteiger partial charge is 0.389 e. The van der Waals surface area contributed by atoms with Gasteiger partial charge in [-0.3, -0.25) is 4.79 Å². The summed E-state index contributed by atoms with van der Waals surface area (Å²) in [7, 11) is 0. The first-order chi connectivity index (χ1) is 8.58. The van der Waals surface area contributed by atoms with Gasteiger partial charge in [-0.2, -0.15) is 0 Å². The second-order valence-electron chi connectivity index (χ2n) is 3.39. The SMILES string of the molecule is NC(=S)c1ccc(NC(=O)c2cscn2)c(Br)c1. The van der Waals surface area contributed by atoms with E-state index in [2.05, 4.69) is 26.2 Å². The van der Waals surface area contributed by atoms with E-state index in [0.717, 1.165) is 10.0 Å². The zero-order valence-electron chi connectivity index (χ0n) is 9.01. The third kappa shape index (κ3) is 2.92. The molecule has 0 unspecified atom stereocenters. The molecule has 1 heterocycles. The monoisotopic (exact) mass is 341 g/mol. The molecule has 7 heteroatoms. The molecule has 1 aromatic heterocycles. The molecule has 2 rings (SSSR count). The van der Waals surface area contributed by atoms with Crippen LogP contribution < -0.4 is 11.1 Å². The molecular formula is C11H8BrN3OS2. The number of nitrogens with one attached hydrogen (secondary N) is 1.